The number of aliphatic carboxylic acids is 1. The Balaban J connectivity index is 2.29. The SMILES string of the molecule is N#Cc1cccc(N2CCC[C@@H]2C(=O)O)n1. The van der Waals surface area contributed by atoms with Crippen LogP contribution in [0.2, 0.25) is 0 Å². The van der Waals surface area contributed by atoms with Crippen molar-refractivity contribution in [1.29, 1.82) is 5.26 Å². The summed E-state index contributed by atoms with van der Waals surface area (Å²) in [7, 11) is 0. The second-order valence-corrected chi connectivity index (χ2v) is 3.68. The van der Waals surface area contributed by atoms with Crippen LogP contribution in [-0.2, 0) is 4.79 Å². The summed E-state index contributed by atoms with van der Waals surface area (Å²) in [5.41, 5.74) is 0.313. The Kier molecular flexibility index (Phi) is 2.73. The van der Waals surface area contributed by atoms with Crippen LogP contribution in [0.3, 0.4) is 0 Å². The van der Waals surface area contributed by atoms with E-state index >= 15 is 0 Å². The van der Waals surface area contributed by atoms with Gasteiger partial charge in [0.1, 0.15) is 23.6 Å². The van der Waals surface area contributed by atoms with Gasteiger partial charge in [-0.2, -0.15) is 5.26 Å². The van der Waals surface area contributed by atoms with Crippen LogP contribution < -0.4 is 4.90 Å². The summed E-state index contributed by atoms with van der Waals surface area (Å²) >= 11 is 0. The number of nitrogens with zero attached hydrogens (tertiary/aromatic N) is 3. The summed E-state index contributed by atoms with van der Waals surface area (Å²) in [6.07, 6.45) is 1.48. The lowest BCUT2D eigenvalue weighted by Crippen LogP contribution is -2.36. The minimum absolute atomic E-state index is 0.313. The molecule has 1 aliphatic rings. The van der Waals surface area contributed by atoms with Gasteiger partial charge in [0.15, 0.2) is 0 Å². The Morgan fingerprint density at radius 2 is 2.44 bits per heavy atom. The first kappa shape index (κ1) is 10.4. The van der Waals surface area contributed by atoms with Crippen LogP contribution in [0.5, 0.6) is 0 Å². The first-order valence-corrected chi connectivity index (χ1v) is 5.09. The van der Waals surface area contributed by atoms with Crippen molar-refractivity contribution in [3.8, 4) is 6.07 Å². The minimum atomic E-state index is -0.832. The molecule has 1 aliphatic heterocycles. The fourth-order valence-corrected chi connectivity index (χ4v) is 1.94. The zero-order chi connectivity index (χ0) is 11.5. The van der Waals surface area contributed by atoms with Crippen molar-refractivity contribution in [1.82, 2.24) is 4.98 Å². The third kappa shape index (κ3) is 1.82. The molecule has 1 fully saturated rings. The summed E-state index contributed by atoms with van der Waals surface area (Å²) in [5, 5.41) is 17.8. The highest BCUT2D eigenvalue weighted by atomic mass is 16.4. The molecule has 82 valence electrons. The Bertz CT molecular complexity index is 453. The average Bonchev–Trinajstić information content (AvgIpc) is 2.78. The Labute approximate surface area is 92.9 Å². The number of hydrogen-bond acceptors (Lipinski definition) is 4. The normalized spacial score (nSPS) is 19.4. The molecule has 2 rings (SSSR count). The predicted octanol–water partition coefficient (Wildman–Crippen LogP) is 1.01. The smallest absolute Gasteiger partial charge is 0.326 e. The molecule has 0 saturated carbocycles. The van der Waals surface area contributed by atoms with Crippen molar-refractivity contribution in [3.63, 3.8) is 0 Å². The minimum Gasteiger partial charge on any atom is -0.480 e. The van der Waals surface area contributed by atoms with Gasteiger partial charge in [0.2, 0.25) is 0 Å². The van der Waals surface area contributed by atoms with Crippen molar-refractivity contribution in [2.45, 2.75) is 18.9 Å². The largest absolute Gasteiger partial charge is 0.480 e. The van der Waals surface area contributed by atoms with Gasteiger partial charge in [-0.1, -0.05) is 6.07 Å². The number of carbonyl (C=O) groups is 1. The number of hydrogen-bond donors (Lipinski definition) is 1. The highest BCUT2D eigenvalue weighted by Crippen LogP contribution is 2.23. The lowest BCUT2D eigenvalue weighted by Gasteiger charge is -2.22. The highest BCUT2D eigenvalue weighted by molar-refractivity contribution is 5.78. The summed E-state index contributed by atoms with van der Waals surface area (Å²) in [5.74, 6) is -0.259. The second-order valence-electron chi connectivity index (χ2n) is 3.68. The van der Waals surface area contributed by atoms with Crippen molar-refractivity contribution in [2.75, 3.05) is 11.4 Å². The van der Waals surface area contributed by atoms with Crippen molar-refractivity contribution >= 4 is 11.8 Å². The number of anilines is 1. The maximum absolute atomic E-state index is 11.0. The number of rotatable bonds is 2. The number of pyridine rings is 1. The van der Waals surface area contributed by atoms with Crippen LogP contribution in [0.1, 0.15) is 18.5 Å². The van der Waals surface area contributed by atoms with Gasteiger partial charge in [0, 0.05) is 6.54 Å². The molecule has 0 bridgehead atoms. The molecular weight excluding hydrogens is 206 g/mol. The highest BCUT2D eigenvalue weighted by Gasteiger charge is 2.31. The Morgan fingerprint density at radius 1 is 1.62 bits per heavy atom. The monoisotopic (exact) mass is 217 g/mol. The van der Waals surface area contributed by atoms with Gasteiger partial charge in [-0.05, 0) is 25.0 Å². The molecule has 5 nitrogen and oxygen atoms in total. The molecule has 0 radical (unpaired) electrons. The molecule has 1 N–H and O–H groups in total. The van der Waals surface area contributed by atoms with E-state index < -0.39 is 12.0 Å². The van der Waals surface area contributed by atoms with Gasteiger partial charge in [-0.15, -0.1) is 0 Å². The first-order valence-electron chi connectivity index (χ1n) is 5.09. The molecular formula is C11H11N3O2. The van der Waals surface area contributed by atoms with E-state index in [4.69, 9.17) is 10.4 Å². The Hall–Kier alpha value is -2.09. The van der Waals surface area contributed by atoms with Gasteiger partial charge in [-0.25, -0.2) is 9.78 Å². The summed E-state index contributed by atoms with van der Waals surface area (Å²) in [6, 6.07) is 6.50. The van der Waals surface area contributed by atoms with Crippen LogP contribution in [0.25, 0.3) is 0 Å². The molecule has 0 spiro atoms. The van der Waals surface area contributed by atoms with E-state index in [0.717, 1.165) is 6.42 Å². The van der Waals surface area contributed by atoms with Crippen LogP contribution in [0, 0.1) is 11.3 Å². The van der Waals surface area contributed by atoms with E-state index in [9.17, 15) is 4.79 Å². The third-order valence-electron chi connectivity index (χ3n) is 2.68. The zero-order valence-corrected chi connectivity index (χ0v) is 8.63. The van der Waals surface area contributed by atoms with Crippen LogP contribution in [0.15, 0.2) is 18.2 Å². The summed E-state index contributed by atoms with van der Waals surface area (Å²) in [6.45, 7) is 0.679. The average molecular weight is 217 g/mol. The summed E-state index contributed by atoms with van der Waals surface area (Å²) < 4.78 is 0. The molecule has 1 aromatic heterocycles. The van der Waals surface area contributed by atoms with E-state index in [-0.39, 0.29) is 0 Å². The van der Waals surface area contributed by atoms with Crippen LogP contribution in [0.4, 0.5) is 5.82 Å². The van der Waals surface area contributed by atoms with Crippen molar-refractivity contribution in [2.24, 2.45) is 0 Å². The van der Waals surface area contributed by atoms with Crippen LogP contribution in [-0.4, -0.2) is 28.6 Å². The molecule has 0 aliphatic carbocycles. The fourth-order valence-electron chi connectivity index (χ4n) is 1.94. The molecule has 1 atom stereocenters. The number of carboxylic acid groups (broad SMARTS) is 1. The van der Waals surface area contributed by atoms with E-state index in [0.29, 0.717) is 24.5 Å². The van der Waals surface area contributed by atoms with Crippen molar-refractivity contribution < 1.29 is 9.90 Å². The molecule has 0 amide bonds. The Morgan fingerprint density at radius 3 is 3.12 bits per heavy atom. The van der Waals surface area contributed by atoms with Crippen molar-refractivity contribution in [3.05, 3.63) is 23.9 Å². The molecule has 16 heavy (non-hydrogen) atoms. The fraction of sp³-hybridized carbons (Fsp3) is 0.364. The van der Waals surface area contributed by atoms with E-state index in [2.05, 4.69) is 4.98 Å². The van der Waals surface area contributed by atoms with Gasteiger partial charge in [0.05, 0.1) is 0 Å². The molecule has 1 saturated heterocycles. The first-order chi connectivity index (χ1) is 7.72. The molecule has 5 heteroatoms. The van der Waals surface area contributed by atoms with E-state index in [1.54, 1.807) is 23.1 Å². The number of aromatic nitrogens is 1. The molecule has 0 aromatic carbocycles. The summed E-state index contributed by atoms with van der Waals surface area (Å²) in [4.78, 5) is 16.9. The van der Waals surface area contributed by atoms with Gasteiger partial charge >= 0.3 is 5.97 Å². The van der Waals surface area contributed by atoms with Gasteiger partial charge in [-0.3, -0.25) is 0 Å². The van der Waals surface area contributed by atoms with Gasteiger partial charge in [0.25, 0.3) is 0 Å². The standard InChI is InChI=1S/C11H11N3O2/c12-7-8-3-1-5-10(13-8)14-6-2-4-9(14)11(15)16/h1,3,5,9H,2,4,6H2,(H,15,16)/t9-/m1/s1. The maximum atomic E-state index is 11.0. The third-order valence-corrected chi connectivity index (χ3v) is 2.68. The quantitative estimate of drug-likeness (QED) is 0.799. The number of nitriles is 1. The molecule has 1 aromatic rings. The number of carboxylic acids is 1. The predicted molar refractivity (Wildman–Crippen MR) is 57.0 cm³/mol. The lowest BCUT2D eigenvalue weighted by molar-refractivity contribution is -0.138. The maximum Gasteiger partial charge on any atom is 0.326 e. The van der Waals surface area contributed by atoms with Gasteiger partial charge < -0.3 is 10.0 Å². The zero-order valence-electron chi connectivity index (χ0n) is 8.63. The van der Waals surface area contributed by atoms with E-state index in [1.165, 1.54) is 0 Å². The second kappa shape index (κ2) is 4.19. The molecule has 0 unspecified atom stereocenters. The lowest BCUT2D eigenvalue weighted by atomic mass is 10.2. The molecule has 2 heterocycles. The van der Waals surface area contributed by atoms with Crippen LogP contribution >= 0.6 is 0 Å². The van der Waals surface area contributed by atoms with E-state index in [1.807, 2.05) is 6.07 Å². The topological polar surface area (TPSA) is 77.2 Å².